The van der Waals surface area contributed by atoms with Crippen molar-refractivity contribution in [1.29, 1.82) is 0 Å². The lowest BCUT2D eigenvalue weighted by Gasteiger charge is -2.19. The Labute approximate surface area is 169 Å². The van der Waals surface area contributed by atoms with Crippen molar-refractivity contribution in [3.05, 3.63) is 45.1 Å². The number of hydrogen-bond acceptors (Lipinski definition) is 6. The lowest BCUT2D eigenvalue weighted by molar-refractivity contribution is -0.119. The highest BCUT2D eigenvalue weighted by atomic mass is 16.5. The van der Waals surface area contributed by atoms with E-state index >= 15 is 0 Å². The number of rotatable bonds is 4. The molecule has 0 spiro atoms. The Balaban J connectivity index is 2.46. The zero-order valence-electron chi connectivity index (χ0n) is 17.2. The molecular formula is C22H25NO6. The maximum atomic E-state index is 12.5. The van der Waals surface area contributed by atoms with E-state index in [9.17, 15) is 14.7 Å². The van der Waals surface area contributed by atoms with E-state index in [0.717, 1.165) is 11.1 Å². The third kappa shape index (κ3) is 3.60. The monoisotopic (exact) mass is 399 g/mol. The molecule has 3 rings (SSSR count). The molecule has 2 aromatic rings. The molecule has 0 unspecified atom stereocenters. The third-order valence-electron chi connectivity index (χ3n) is 5.20. The number of carbonyl (C=O) groups excluding carboxylic acids is 1. The van der Waals surface area contributed by atoms with E-state index < -0.39 is 11.5 Å². The molecule has 0 bridgehead atoms. The molecule has 0 heterocycles. The van der Waals surface area contributed by atoms with Crippen molar-refractivity contribution in [2.24, 2.45) is 0 Å². The van der Waals surface area contributed by atoms with Gasteiger partial charge in [-0.1, -0.05) is 0 Å². The lowest BCUT2D eigenvalue weighted by atomic mass is 9.95. The van der Waals surface area contributed by atoms with Crippen LogP contribution in [0.2, 0.25) is 0 Å². The molecule has 0 radical (unpaired) electrons. The number of hydrogen-bond donors (Lipinski definition) is 2. The number of carbonyl (C=O) groups is 1. The summed E-state index contributed by atoms with van der Waals surface area (Å²) in [4.78, 5) is 24.3. The molecule has 7 nitrogen and oxygen atoms in total. The summed E-state index contributed by atoms with van der Waals surface area (Å²) in [5, 5.41) is 13.2. The molecule has 0 saturated heterocycles. The molecule has 29 heavy (non-hydrogen) atoms. The summed E-state index contributed by atoms with van der Waals surface area (Å²) >= 11 is 0. The molecule has 1 aliphatic carbocycles. The second kappa shape index (κ2) is 8.03. The normalized spacial score (nSPS) is 14.9. The van der Waals surface area contributed by atoms with Crippen molar-refractivity contribution in [2.45, 2.75) is 32.7 Å². The van der Waals surface area contributed by atoms with Crippen LogP contribution in [-0.4, -0.2) is 32.3 Å². The van der Waals surface area contributed by atoms with Crippen LogP contribution in [0.3, 0.4) is 0 Å². The van der Waals surface area contributed by atoms with E-state index in [1.165, 1.54) is 20.1 Å². The molecule has 1 atom stereocenters. The summed E-state index contributed by atoms with van der Waals surface area (Å²) in [7, 11) is 4.63. The summed E-state index contributed by atoms with van der Waals surface area (Å²) in [6, 6.07) is 4.63. The van der Waals surface area contributed by atoms with Gasteiger partial charge >= 0.3 is 0 Å². The van der Waals surface area contributed by atoms with Crippen LogP contribution in [0.15, 0.2) is 23.0 Å². The lowest BCUT2D eigenvalue weighted by Crippen LogP contribution is -2.26. The molecule has 2 N–H and O–H groups in total. The van der Waals surface area contributed by atoms with Gasteiger partial charge in [0, 0.05) is 12.5 Å². The number of aryl methyl sites for hydroxylation is 2. The van der Waals surface area contributed by atoms with Crippen LogP contribution in [0.4, 0.5) is 0 Å². The minimum atomic E-state index is -0.498. The third-order valence-corrected chi connectivity index (χ3v) is 5.20. The summed E-state index contributed by atoms with van der Waals surface area (Å²) in [5.74, 6) is 0.930. The molecule has 0 aromatic heterocycles. The summed E-state index contributed by atoms with van der Waals surface area (Å²) in [5.41, 5.74) is 2.95. The Morgan fingerprint density at radius 2 is 1.79 bits per heavy atom. The van der Waals surface area contributed by atoms with Gasteiger partial charge < -0.3 is 24.6 Å². The van der Waals surface area contributed by atoms with Gasteiger partial charge in [-0.15, -0.1) is 0 Å². The van der Waals surface area contributed by atoms with Gasteiger partial charge in [0.05, 0.1) is 27.4 Å². The molecule has 154 valence electrons. The fourth-order valence-corrected chi connectivity index (χ4v) is 3.90. The topological polar surface area (TPSA) is 94.1 Å². The number of ether oxygens (including phenoxy) is 3. The largest absolute Gasteiger partial charge is 0.504 e. The number of nitrogens with one attached hydrogen (secondary N) is 1. The van der Waals surface area contributed by atoms with Gasteiger partial charge in [-0.3, -0.25) is 9.59 Å². The second-order valence-corrected chi connectivity index (χ2v) is 7.02. The van der Waals surface area contributed by atoms with Crippen molar-refractivity contribution >= 4 is 5.91 Å². The van der Waals surface area contributed by atoms with Crippen molar-refractivity contribution in [3.8, 4) is 34.1 Å². The van der Waals surface area contributed by atoms with E-state index in [1.807, 2.05) is 6.07 Å². The SMILES string of the molecule is COc1cc2c(c(OC)c1OC)-c1cc(C)c(O)c(=O)cc1[C@@H](NC(C)=O)CC2. The maximum absolute atomic E-state index is 12.5. The van der Waals surface area contributed by atoms with Gasteiger partial charge in [0.2, 0.25) is 17.1 Å². The zero-order chi connectivity index (χ0) is 21.3. The van der Waals surface area contributed by atoms with Crippen LogP contribution in [0.1, 0.15) is 36.1 Å². The minimum absolute atomic E-state index is 0.200. The first kappa shape index (κ1) is 20.5. The van der Waals surface area contributed by atoms with Crippen molar-refractivity contribution < 1.29 is 24.1 Å². The molecule has 7 heteroatoms. The quantitative estimate of drug-likeness (QED) is 0.821. The molecule has 0 saturated carbocycles. The highest BCUT2D eigenvalue weighted by molar-refractivity contribution is 5.83. The van der Waals surface area contributed by atoms with Gasteiger partial charge in [-0.05, 0) is 60.2 Å². The first-order valence-corrected chi connectivity index (χ1v) is 9.29. The van der Waals surface area contributed by atoms with E-state index in [2.05, 4.69) is 5.32 Å². The van der Waals surface area contributed by atoms with Gasteiger partial charge in [0.15, 0.2) is 17.2 Å². The average Bonchev–Trinajstić information content (AvgIpc) is 2.89. The molecule has 1 aliphatic rings. The molecule has 2 aromatic carbocycles. The second-order valence-electron chi connectivity index (χ2n) is 7.02. The number of aromatic hydroxyl groups is 1. The number of methoxy groups -OCH3 is 3. The number of fused-ring (bicyclic) bond motifs is 3. The first-order chi connectivity index (χ1) is 13.8. The van der Waals surface area contributed by atoms with Crippen molar-refractivity contribution in [3.63, 3.8) is 0 Å². The van der Waals surface area contributed by atoms with Crippen LogP contribution in [0.5, 0.6) is 23.0 Å². The summed E-state index contributed by atoms with van der Waals surface area (Å²) in [6.07, 6.45) is 1.19. The number of amides is 1. The van der Waals surface area contributed by atoms with E-state index in [1.54, 1.807) is 27.2 Å². The minimum Gasteiger partial charge on any atom is -0.504 e. The van der Waals surface area contributed by atoms with Crippen LogP contribution in [0, 0.1) is 6.92 Å². The standard InChI is InChI=1S/C22H25NO6/c1-11-8-15-14(10-17(25)20(11)26)16(23-12(2)24)7-6-13-9-18(27-3)21(28-4)22(29-5)19(13)15/h8-10,16H,6-7H2,1-5H3,(H,23,24)(H,25,26)/t16-/m0/s1. The average molecular weight is 399 g/mol. The van der Waals surface area contributed by atoms with Gasteiger partial charge in [-0.2, -0.15) is 0 Å². The highest BCUT2D eigenvalue weighted by Gasteiger charge is 2.29. The molecule has 1 amide bonds. The fraction of sp³-hybridized carbons (Fsp3) is 0.364. The Kier molecular flexibility index (Phi) is 5.68. The Morgan fingerprint density at radius 3 is 2.38 bits per heavy atom. The fourth-order valence-electron chi connectivity index (χ4n) is 3.90. The Hall–Kier alpha value is -3.22. The van der Waals surface area contributed by atoms with Gasteiger partial charge in [0.25, 0.3) is 0 Å². The van der Waals surface area contributed by atoms with Crippen LogP contribution in [0.25, 0.3) is 11.1 Å². The van der Waals surface area contributed by atoms with Gasteiger partial charge in [0.1, 0.15) is 0 Å². The Bertz CT molecular complexity index is 1030. The van der Waals surface area contributed by atoms with Crippen LogP contribution < -0.4 is 25.0 Å². The zero-order valence-corrected chi connectivity index (χ0v) is 17.2. The smallest absolute Gasteiger partial charge is 0.220 e. The highest BCUT2D eigenvalue weighted by Crippen LogP contribution is 2.50. The maximum Gasteiger partial charge on any atom is 0.220 e. The van der Waals surface area contributed by atoms with Crippen LogP contribution in [-0.2, 0) is 11.2 Å². The van der Waals surface area contributed by atoms with E-state index in [0.29, 0.717) is 46.8 Å². The molecule has 0 aliphatic heterocycles. The molecule has 0 fully saturated rings. The predicted molar refractivity (Wildman–Crippen MR) is 109 cm³/mol. The van der Waals surface area contributed by atoms with E-state index in [4.69, 9.17) is 14.2 Å². The van der Waals surface area contributed by atoms with E-state index in [-0.39, 0.29) is 11.7 Å². The Morgan fingerprint density at radius 1 is 1.10 bits per heavy atom. The first-order valence-electron chi connectivity index (χ1n) is 9.29. The van der Waals surface area contributed by atoms with Gasteiger partial charge in [-0.25, -0.2) is 0 Å². The van der Waals surface area contributed by atoms with Crippen LogP contribution >= 0.6 is 0 Å². The summed E-state index contributed by atoms with van der Waals surface area (Å²) in [6.45, 7) is 3.11. The predicted octanol–water partition coefficient (Wildman–Crippen LogP) is 2.88. The number of benzene rings is 1. The molecular weight excluding hydrogens is 374 g/mol. The van der Waals surface area contributed by atoms with Crippen molar-refractivity contribution in [1.82, 2.24) is 5.32 Å². The summed E-state index contributed by atoms with van der Waals surface area (Å²) < 4.78 is 16.7. The van der Waals surface area contributed by atoms with Crippen molar-refractivity contribution in [2.75, 3.05) is 21.3 Å².